The van der Waals surface area contributed by atoms with Crippen molar-refractivity contribution in [1.82, 2.24) is 0 Å². The minimum absolute atomic E-state index is 0.122. The Morgan fingerprint density at radius 1 is 0.944 bits per heavy atom. The van der Waals surface area contributed by atoms with E-state index in [-0.39, 0.29) is 20.2 Å². The number of hydrogen-bond acceptors (Lipinski definition) is 2. The molecule has 0 unspecified atom stereocenters. The van der Waals surface area contributed by atoms with Crippen molar-refractivity contribution < 1.29 is 8.42 Å². The summed E-state index contributed by atoms with van der Waals surface area (Å²) in [5.74, 6) is 0. The summed E-state index contributed by atoms with van der Waals surface area (Å²) in [5.41, 5.74) is 0.560. The summed E-state index contributed by atoms with van der Waals surface area (Å²) in [6.45, 7) is 0. The van der Waals surface area contributed by atoms with E-state index in [2.05, 4.69) is 10.0 Å². The molecule has 2 rings (SSSR count). The van der Waals surface area contributed by atoms with E-state index in [9.17, 15) is 8.42 Å². The molecule has 2 aromatic rings. The van der Waals surface area contributed by atoms with Crippen molar-refractivity contribution in [3.8, 4) is 0 Å². The standard InChI is InChI=1S/C13H12AsNO2S/c1-14-11-7-9-13(10-8-11)18(16,17)15-12-5-3-2-4-6-12/h2-10,15H,1H2. The molecule has 0 aliphatic heterocycles. The van der Waals surface area contributed by atoms with Crippen LogP contribution in [0, 0.1) is 0 Å². The van der Waals surface area contributed by atoms with Crippen LogP contribution in [0.1, 0.15) is 0 Å². The first kappa shape index (κ1) is 13.1. The Hall–Kier alpha value is -1.38. The molecule has 2 aromatic carbocycles. The molecule has 0 amide bonds. The second kappa shape index (κ2) is 5.51. The fourth-order valence-electron chi connectivity index (χ4n) is 1.45. The van der Waals surface area contributed by atoms with E-state index in [4.69, 9.17) is 0 Å². The zero-order valence-electron chi connectivity index (χ0n) is 9.58. The summed E-state index contributed by atoms with van der Waals surface area (Å²) in [4.78, 5) is 0.268. The molecule has 1 N–H and O–H groups in total. The van der Waals surface area contributed by atoms with Crippen LogP contribution >= 0.6 is 0 Å². The third kappa shape index (κ3) is 3.09. The zero-order chi connectivity index (χ0) is 13.0. The average Bonchev–Trinajstić information content (AvgIpc) is 2.39. The molecule has 0 bridgehead atoms. The second-order valence-electron chi connectivity index (χ2n) is 3.62. The van der Waals surface area contributed by atoms with Crippen LogP contribution in [0.15, 0.2) is 59.5 Å². The predicted molar refractivity (Wildman–Crippen MR) is 76.2 cm³/mol. The van der Waals surface area contributed by atoms with Gasteiger partial charge in [0.05, 0.1) is 0 Å². The molecule has 0 spiro atoms. The summed E-state index contributed by atoms with van der Waals surface area (Å²) < 4.78 is 27.8. The maximum atomic E-state index is 12.1. The summed E-state index contributed by atoms with van der Waals surface area (Å²) in [6, 6.07) is 15.7. The zero-order valence-corrected chi connectivity index (χ0v) is 12.3. The molecule has 3 nitrogen and oxygen atoms in total. The van der Waals surface area contributed by atoms with E-state index in [1.54, 1.807) is 36.4 Å². The molecular weight excluding hydrogens is 309 g/mol. The molecule has 0 fully saturated rings. The van der Waals surface area contributed by atoms with Gasteiger partial charge < -0.3 is 0 Å². The first-order valence-corrected chi connectivity index (χ1v) is 9.01. The van der Waals surface area contributed by atoms with Crippen molar-refractivity contribution in [1.29, 1.82) is 0 Å². The monoisotopic (exact) mass is 321 g/mol. The Balaban J connectivity index is 2.28. The van der Waals surface area contributed by atoms with Gasteiger partial charge in [-0.25, -0.2) is 0 Å². The molecular formula is C13H12AsNO2S. The van der Waals surface area contributed by atoms with Crippen molar-refractivity contribution in [3.63, 3.8) is 0 Å². The van der Waals surface area contributed by atoms with Gasteiger partial charge >= 0.3 is 113 Å². The van der Waals surface area contributed by atoms with Gasteiger partial charge in [-0.1, -0.05) is 0 Å². The van der Waals surface area contributed by atoms with E-state index < -0.39 is 10.0 Å². The Labute approximate surface area is 113 Å². The van der Waals surface area contributed by atoms with Crippen LogP contribution in [-0.4, -0.2) is 29.0 Å². The van der Waals surface area contributed by atoms with Gasteiger partial charge in [-0.3, -0.25) is 0 Å². The number of hydrogen-bond donors (Lipinski definition) is 1. The van der Waals surface area contributed by atoms with Crippen LogP contribution in [0.25, 0.3) is 0 Å². The van der Waals surface area contributed by atoms with Gasteiger partial charge in [-0.15, -0.1) is 0 Å². The van der Waals surface area contributed by atoms with E-state index >= 15 is 0 Å². The molecule has 0 atom stereocenters. The molecule has 0 aliphatic carbocycles. The van der Waals surface area contributed by atoms with Crippen molar-refractivity contribution in [2.45, 2.75) is 4.90 Å². The van der Waals surface area contributed by atoms with E-state index in [0.29, 0.717) is 5.69 Å². The summed E-state index contributed by atoms with van der Waals surface area (Å²) in [5, 5.41) is 3.84. The average molecular weight is 321 g/mol. The van der Waals surface area contributed by atoms with Gasteiger partial charge in [0.1, 0.15) is 0 Å². The Morgan fingerprint density at radius 3 is 2.11 bits per heavy atom. The van der Waals surface area contributed by atoms with Gasteiger partial charge in [0, 0.05) is 0 Å². The predicted octanol–water partition coefficient (Wildman–Crippen LogP) is 1.25. The van der Waals surface area contributed by atoms with Crippen molar-refractivity contribution in [3.05, 3.63) is 54.6 Å². The Kier molecular flexibility index (Phi) is 4.00. The quantitative estimate of drug-likeness (QED) is 0.862. The minimum atomic E-state index is -3.50. The van der Waals surface area contributed by atoms with Gasteiger partial charge in [0.15, 0.2) is 0 Å². The van der Waals surface area contributed by atoms with Crippen LogP contribution in [0.4, 0.5) is 5.69 Å². The number of rotatable bonds is 4. The summed E-state index contributed by atoms with van der Waals surface area (Å²) in [7, 11) is -3.50. The van der Waals surface area contributed by atoms with Crippen molar-refractivity contribution >= 4 is 40.7 Å². The van der Waals surface area contributed by atoms with Gasteiger partial charge in [0.25, 0.3) is 0 Å². The molecule has 92 valence electrons. The van der Waals surface area contributed by atoms with Gasteiger partial charge in [-0.05, 0) is 0 Å². The van der Waals surface area contributed by atoms with E-state index in [1.807, 2.05) is 18.2 Å². The maximum absolute atomic E-state index is 12.1. The first-order valence-electron chi connectivity index (χ1n) is 5.26. The molecule has 0 heterocycles. The first-order chi connectivity index (χ1) is 8.62. The number of sulfonamides is 1. The molecule has 0 saturated heterocycles. The third-order valence-electron chi connectivity index (χ3n) is 2.36. The second-order valence-corrected chi connectivity index (χ2v) is 7.05. The summed E-state index contributed by atoms with van der Waals surface area (Å²) in [6.07, 6.45) is 0. The van der Waals surface area contributed by atoms with Crippen LogP contribution in [0.5, 0.6) is 0 Å². The molecule has 0 radical (unpaired) electrons. The van der Waals surface area contributed by atoms with E-state index in [0.717, 1.165) is 4.35 Å². The SMILES string of the molecule is C=[As]c1ccc(S(=O)(=O)Nc2ccccc2)cc1. The van der Waals surface area contributed by atoms with Crippen LogP contribution in [0.2, 0.25) is 0 Å². The molecule has 0 aromatic heterocycles. The molecule has 0 saturated carbocycles. The Bertz CT molecular complexity index is 636. The molecule has 18 heavy (non-hydrogen) atoms. The van der Waals surface area contributed by atoms with Crippen molar-refractivity contribution in [2.75, 3.05) is 4.72 Å². The fraction of sp³-hybridized carbons (Fsp3) is 0. The van der Waals surface area contributed by atoms with Crippen LogP contribution in [-0.2, 0) is 10.0 Å². The van der Waals surface area contributed by atoms with Gasteiger partial charge in [-0.2, -0.15) is 0 Å². The number of benzene rings is 2. The van der Waals surface area contributed by atoms with Crippen molar-refractivity contribution in [2.24, 2.45) is 0 Å². The normalized spacial score (nSPS) is 11.3. The third-order valence-corrected chi connectivity index (χ3v) is 5.14. The number of nitrogens with one attached hydrogen (secondary N) is 1. The molecule has 0 aliphatic rings. The van der Waals surface area contributed by atoms with E-state index in [1.165, 1.54) is 0 Å². The van der Waals surface area contributed by atoms with Gasteiger partial charge in [0.2, 0.25) is 0 Å². The van der Waals surface area contributed by atoms with Crippen LogP contribution < -0.4 is 9.07 Å². The molecule has 5 heteroatoms. The number of anilines is 1. The summed E-state index contributed by atoms with van der Waals surface area (Å²) >= 11 is -0.122. The topological polar surface area (TPSA) is 46.2 Å². The Morgan fingerprint density at radius 2 is 1.56 bits per heavy atom. The van der Waals surface area contributed by atoms with Crippen LogP contribution in [0.3, 0.4) is 0 Å². The fourth-order valence-corrected chi connectivity index (χ4v) is 3.26. The number of para-hydroxylation sites is 1.